The van der Waals surface area contributed by atoms with Gasteiger partial charge in [-0.3, -0.25) is 0 Å². The SMILES string of the molecule is CCc1noc(COC2CCCC(N)C2)n1. The summed E-state index contributed by atoms with van der Waals surface area (Å²) in [6.45, 7) is 2.40. The maximum atomic E-state index is 5.89. The molecule has 0 aliphatic heterocycles. The fourth-order valence-corrected chi connectivity index (χ4v) is 2.01. The first kappa shape index (κ1) is 11.5. The number of rotatable bonds is 4. The van der Waals surface area contributed by atoms with E-state index in [-0.39, 0.29) is 12.1 Å². The summed E-state index contributed by atoms with van der Waals surface area (Å²) in [5.41, 5.74) is 5.89. The van der Waals surface area contributed by atoms with Gasteiger partial charge in [0.05, 0.1) is 6.10 Å². The smallest absolute Gasteiger partial charge is 0.252 e. The normalized spacial score (nSPS) is 25.9. The lowest BCUT2D eigenvalue weighted by Crippen LogP contribution is -2.32. The van der Waals surface area contributed by atoms with Gasteiger partial charge in [-0.1, -0.05) is 12.1 Å². The molecule has 0 bridgehead atoms. The van der Waals surface area contributed by atoms with Gasteiger partial charge in [0, 0.05) is 12.5 Å². The number of aromatic nitrogens is 2. The lowest BCUT2D eigenvalue weighted by atomic mass is 9.94. The third-order valence-corrected chi connectivity index (χ3v) is 2.94. The molecule has 1 fully saturated rings. The molecule has 0 aromatic carbocycles. The Kier molecular flexibility index (Phi) is 3.90. The molecule has 1 aromatic heterocycles. The lowest BCUT2D eigenvalue weighted by Gasteiger charge is -2.26. The van der Waals surface area contributed by atoms with Gasteiger partial charge in [-0.15, -0.1) is 0 Å². The zero-order valence-corrected chi connectivity index (χ0v) is 9.69. The molecule has 2 atom stereocenters. The topological polar surface area (TPSA) is 74.2 Å². The average Bonchev–Trinajstić information content (AvgIpc) is 2.74. The van der Waals surface area contributed by atoms with Gasteiger partial charge in [0.15, 0.2) is 5.82 Å². The van der Waals surface area contributed by atoms with E-state index in [4.69, 9.17) is 15.0 Å². The number of hydrogen-bond donors (Lipinski definition) is 1. The van der Waals surface area contributed by atoms with Crippen LogP contribution in [-0.2, 0) is 17.8 Å². The summed E-state index contributed by atoms with van der Waals surface area (Å²) >= 11 is 0. The summed E-state index contributed by atoms with van der Waals surface area (Å²) in [4.78, 5) is 4.20. The third-order valence-electron chi connectivity index (χ3n) is 2.94. The van der Waals surface area contributed by atoms with Crippen molar-refractivity contribution in [2.24, 2.45) is 5.73 Å². The van der Waals surface area contributed by atoms with Crippen molar-refractivity contribution in [3.8, 4) is 0 Å². The fourth-order valence-electron chi connectivity index (χ4n) is 2.01. The van der Waals surface area contributed by atoms with Crippen molar-refractivity contribution < 1.29 is 9.26 Å². The summed E-state index contributed by atoms with van der Waals surface area (Å²) < 4.78 is 10.8. The molecule has 1 heterocycles. The lowest BCUT2D eigenvalue weighted by molar-refractivity contribution is 0.000497. The van der Waals surface area contributed by atoms with Crippen LogP contribution in [-0.4, -0.2) is 22.3 Å². The minimum absolute atomic E-state index is 0.251. The molecule has 0 saturated heterocycles. The molecule has 0 spiro atoms. The van der Waals surface area contributed by atoms with E-state index >= 15 is 0 Å². The van der Waals surface area contributed by atoms with E-state index in [9.17, 15) is 0 Å². The quantitative estimate of drug-likeness (QED) is 0.838. The van der Waals surface area contributed by atoms with E-state index in [1.165, 1.54) is 0 Å². The number of nitrogens with zero attached hydrogens (tertiary/aromatic N) is 2. The summed E-state index contributed by atoms with van der Waals surface area (Å²) in [5.74, 6) is 1.30. The molecule has 2 rings (SSSR count). The van der Waals surface area contributed by atoms with Gasteiger partial charge in [-0.25, -0.2) is 0 Å². The molecule has 1 saturated carbocycles. The molecule has 5 nitrogen and oxygen atoms in total. The van der Waals surface area contributed by atoms with E-state index in [1.807, 2.05) is 6.92 Å². The third kappa shape index (κ3) is 3.02. The molecular weight excluding hydrogens is 206 g/mol. The van der Waals surface area contributed by atoms with Crippen LogP contribution in [0.25, 0.3) is 0 Å². The van der Waals surface area contributed by atoms with Gasteiger partial charge >= 0.3 is 0 Å². The second-order valence-electron chi connectivity index (χ2n) is 4.32. The summed E-state index contributed by atoms with van der Waals surface area (Å²) in [6.07, 6.45) is 5.33. The average molecular weight is 225 g/mol. The van der Waals surface area contributed by atoms with Gasteiger partial charge in [-0.05, 0) is 25.7 Å². The van der Waals surface area contributed by atoms with Gasteiger partial charge in [0.2, 0.25) is 0 Å². The summed E-state index contributed by atoms with van der Waals surface area (Å²) in [5, 5.41) is 3.82. The monoisotopic (exact) mass is 225 g/mol. The van der Waals surface area contributed by atoms with Crippen molar-refractivity contribution >= 4 is 0 Å². The first-order chi connectivity index (χ1) is 7.78. The van der Waals surface area contributed by atoms with Crippen molar-refractivity contribution in [3.05, 3.63) is 11.7 Å². The van der Waals surface area contributed by atoms with Crippen LogP contribution in [0.15, 0.2) is 4.52 Å². The Morgan fingerprint density at radius 3 is 3.06 bits per heavy atom. The van der Waals surface area contributed by atoms with Crippen LogP contribution in [0.2, 0.25) is 0 Å². The van der Waals surface area contributed by atoms with Crippen molar-refractivity contribution in [2.45, 2.75) is 57.8 Å². The minimum atomic E-state index is 0.251. The maximum absolute atomic E-state index is 5.89. The molecule has 16 heavy (non-hydrogen) atoms. The molecule has 0 amide bonds. The Bertz CT molecular complexity index is 327. The predicted molar refractivity (Wildman–Crippen MR) is 58.7 cm³/mol. The molecule has 1 aliphatic rings. The van der Waals surface area contributed by atoms with Crippen molar-refractivity contribution in [2.75, 3.05) is 0 Å². The maximum Gasteiger partial charge on any atom is 0.252 e. The van der Waals surface area contributed by atoms with Crippen LogP contribution in [0, 0.1) is 0 Å². The molecule has 90 valence electrons. The Labute approximate surface area is 95.3 Å². The molecule has 1 aliphatic carbocycles. The Morgan fingerprint density at radius 1 is 1.50 bits per heavy atom. The zero-order chi connectivity index (χ0) is 11.4. The molecule has 0 radical (unpaired) electrons. The Morgan fingerprint density at radius 2 is 2.38 bits per heavy atom. The van der Waals surface area contributed by atoms with Crippen LogP contribution >= 0.6 is 0 Å². The van der Waals surface area contributed by atoms with Gasteiger partial charge in [0.25, 0.3) is 5.89 Å². The summed E-state index contributed by atoms with van der Waals surface area (Å²) in [7, 11) is 0. The van der Waals surface area contributed by atoms with Gasteiger partial charge < -0.3 is 15.0 Å². The largest absolute Gasteiger partial charge is 0.368 e. The van der Waals surface area contributed by atoms with E-state index < -0.39 is 0 Å². The fraction of sp³-hybridized carbons (Fsp3) is 0.818. The van der Waals surface area contributed by atoms with Crippen LogP contribution in [0.1, 0.15) is 44.3 Å². The van der Waals surface area contributed by atoms with E-state index in [1.54, 1.807) is 0 Å². The number of ether oxygens (including phenoxy) is 1. The van der Waals surface area contributed by atoms with E-state index in [0.29, 0.717) is 12.5 Å². The zero-order valence-electron chi connectivity index (χ0n) is 9.69. The van der Waals surface area contributed by atoms with Gasteiger partial charge in [0.1, 0.15) is 6.61 Å². The standard InChI is InChI=1S/C11H19N3O2/c1-2-10-13-11(16-14-10)7-15-9-5-3-4-8(12)6-9/h8-9H,2-7,12H2,1H3. The van der Waals surface area contributed by atoms with E-state index in [2.05, 4.69) is 10.1 Å². The highest BCUT2D eigenvalue weighted by molar-refractivity contribution is 4.84. The molecule has 1 aromatic rings. The highest BCUT2D eigenvalue weighted by Crippen LogP contribution is 2.20. The van der Waals surface area contributed by atoms with Crippen LogP contribution in [0.5, 0.6) is 0 Å². The van der Waals surface area contributed by atoms with Crippen LogP contribution in [0.3, 0.4) is 0 Å². The van der Waals surface area contributed by atoms with Crippen molar-refractivity contribution in [3.63, 3.8) is 0 Å². The Balaban J connectivity index is 1.78. The molecular formula is C11H19N3O2. The van der Waals surface area contributed by atoms with E-state index in [0.717, 1.165) is 37.9 Å². The Hall–Kier alpha value is -0.940. The first-order valence-electron chi connectivity index (χ1n) is 5.96. The van der Waals surface area contributed by atoms with Crippen molar-refractivity contribution in [1.82, 2.24) is 10.1 Å². The highest BCUT2D eigenvalue weighted by Gasteiger charge is 2.20. The van der Waals surface area contributed by atoms with Crippen LogP contribution < -0.4 is 5.73 Å². The first-order valence-corrected chi connectivity index (χ1v) is 5.96. The number of nitrogens with two attached hydrogens (primary N) is 1. The number of hydrogen-bond acceptors (Lipinski definition) is 5. The van der Waals surface area contributed by atoms with Crippen molar-refractivity contribution in [1.29, 1.82) is 0 Å². The van der Waals surface area contributed by atoms with Gasteiger partial charge in [-0.2, -0.15) is 4.98 Å². The molecule has 2 unspecified atom stereocenters. The summed E-state index contributed by atoms with van der Waals surface area (Å²) in [6, 6.07) is 0.285. The predicted octanol–water partition coefficient (Wildman–Crippen LogP) is 1.42. The highest BCUT2D eigenvalue weighted by atomic mass is 16.5. The number of aryl methyl sites for hydroxylation is 1. The molecule has 2 N–H and O–H groups in total. The second-order valence-corrected chi connectivity index (χ2v) is 4.32. The molecule has 5 heteroatoms. The van der Waals surface area contributed by atoms with Crippen LogP contribution in [0.4, 0.5) is 0 Å². The minimum Gasteiger partial charge on any atom is -0.368 e. The second kappa shape index (κ2) is 5.41.